The first kappa shape index (κ1) is 16.6. The second kappa shape index (κ2) is 6.32. The van der Waals surface area contributed by atoms with Crippen LogP contribution in [-0.2, 0) is 17.4 Å². The molecule has 1 aliphatic heterocycles. The van der Waals surface area contributed by atoms with Crippen molar-refractivity contribution in [3.63, 3.8) is 0 Å². The quantitative estimate of drug-likeness (QED) is 0.915. The molecule has 0 spiro atoms. The van der Waals surface area contributed by atoms with Gasteiger partial charge in [0.2, 0.25) is 11.8 Å². The van der Waals surface area contributed by atoms with Crippen LogP contribution in [0.4, 0.5) is 13.2 Å². The van der Waals surface area contributed by atoms with Gasteiger partial charge in [0.05, 0.1) is 18.0 Å². The van der Waals surface area contributed by atoms with Crippen LogP contribution in [0.3, 0.4) is 0 Å². The first-order valence-corrected chi connectivity index (χ1v) is 7.45. The number of aromatic nitrogens is 1. The Labute approximate surface area is 140 Å². The van der Waals surface area contributed by atoms with E-state index < -0.39 is 30.1 Å². The van der Waals surface area contributed by atoms with Crippen molar-refractivity contribution in [3.8, 4) is 5.88 Å². The van der Waals surface area contributed by atoms with Crippen molar-refractivity contribution in [1.29, 1.82) is 0 Å². The lowest BCUT2D eigenvalue weighted by Gasteiger charge is -2.15. The number of carbonyl (C=O) groups is 1. The van der Waals surface area contributed by atoms with Crippen LogP contribution in [-0.4, -0.2) is 17.5 Å². The summed E-state index contributed by atoms with van der Waals surface area (Å²) in [5.74, 6) is -0.113. The zero-order chi connectivity index (χ0) is 17.3. The van der Waals surface area contributed by atoms with Gasteiger partial charge >= 0.3 is 6.18 Å². The van der Waals surface area contributed by atoms with Gasteiger partial charge < -0.3 is 10.1 Å². The van der Waals surface area contributed by atoms with Gasteiger partial charge in [-0.2, -0.15) is 13.2 Å². The number of amides is 1. The van der Waals surface area contributed by atoms with Gasteiger partial charge in [0.25, 0.3) is 0 Å². The summed E-state index contributed by atoms with van der Waals surface area (Å²) in [5.41, 5.74) is -0.331. The highest BCUT2D eigenvalue weighted by Gasteiger charge is 2.34. The molecule has 1 N–H and O–H groups in total. The summed E-state index contributed by atoms with van der Waals surface area (Å²) in [4.78, 5) is 16.2. The molecule has 24 heavy (non-hydrogen) atoms. The first-order chi connectivity index (χ1) is 11.3. The molecule has 1 amide bonds. The smallest absolute Gasteiger partial charge is 0.416 e. The van der Waals surface area contributed by atoms with E-state index in [1.54, 1.807) is 18.3 Å². The van der Waals surface area contributed by atoms with Crippen molar-refractivity contribution in [2.24, 2.45) is 0 Å². The number of hydrogen-bond donors (Lipinski definition) is 1. The number of nitrogens with one attached hydrogen (secondary N) is 1. The summed E-state index contributed by atoms with van der Waals surface area (Å²) in [5, 5.41) is 2.64. The Morgan fingerprint density at radius 2 is 2.17 bits per heavy atom. The van der Waals surface area contributed by atoms with Gasteiger partial charge in [-0.3, -0.25) is 4.79 Å². The summed E-state index contributed by atoms with van der Waals surface area (Å²) in [7, 11) is 0. The van der Waals surface area contributed by atoms with Crippen molar-refractivity contribution in [2.45, 2.75) is 18.6 Å². The summed E-state index contributed by atoms with van der Waals surface area (Å²) in [6.07, 6.45) is -3.42. The SMILES string of the molecule is O=C(Cc1ccc(Cl)cc1C(F)(F)F)NC1COc2ncccc21. The molecule has 1 unspecified atom stereocenters. The standard InChI is InChI=1S/C16H12ClF3N2O2/c17-10-4-3-9(12(7-10)16(18,19)20)6-14(23)22-13-8-24-15-11(13)2-1-5-21-15/h1-5,7,13H,6,8H2,(H,22,23). The average molecular weight is 357 g/mol. The normalized spacial score (nSPS) is 16.4. The third-order valence-electron chi connectivity index (χ3n) is 3.63. The highest BCUT2D eigenvalue weighted by molar-refractivity contribution is 6.30. The van der Waals surface area contributed by atoms with Crippen molar-refractivity contribution < 1.29 is 22.7 Å². The number of ether oxygens (including phenoxy) is 1. The van der Waals surface area contributed by atoms with E-state index >= 15 is 0 Å². The minimum absolute atomic E-state index is 0.0318. The molecule has 2 aromatic rings. The van der Waals surface area contributed by atoms with Crippen LogP contribution in [0.1, 0.15) is 22.7 Å². The van der Waals surface area contributed by atoms with E-state index in [0.29, 0.717) is 11.4 Å². The first-order valence-electron chi connectivity index (χ1n) is 7.07. The molecule has 3 rings (SSSR count). The molecule has 0 saturated carbocycles. The Morgan fingerprint density at radius 3 is 2.92 bits per heavy atom. The maximum Gasteiger partial charge on any atom is 0.416 e. The number of benzene rings is 1. The minimum atomic E-state index is -4.58. The fraction of sp³-hybridized carbons (Fsp3) is 0.250. The summed E-state index contributed by atoms with van der Waals surface area (Å²) in [6, 6.07) is 6.39. The van der Waals surface area contributed by atoms with Crippen LogP contribution in [0.2, 0.25) is 5.02 Å². The molecule has 2 heterocycles. The monoisotopic (exact) mass is 356 g/mol. The van der Waals surface area contributed by atoms with Crippen LogP contribution >= 0.6 is 11.6 Å². The molecule has 0 fully saturated rings. The van der Waals surface area contributed by atoms with Gasteiger partial charge in [0.1, 0.15) is 6.61 Å². The molecule has 0 aliphatic carbocycles. The second-order valence-corrected chi connectivity index (χ2v) is 5.74. The lowest BCUT2D eigenvalue weighted by atomic mass is 10.0. The van der Waals surface area contributed by atoms with Crippen LogP contribution in [0.15, 0.2) is 36.5 Å². The van der Waals surface area contributed by atoms with Crippen LogP contribution in [0.5, 0.6) is 5.88 Å². The predicted octanol–water partition coefficient (Wildman–Crippen LogP) is 3.55. The second-order valence-electron chi connectivity index (χ2n) is 5.30. The number of alkyl halides is 3. The van der Waals surface area contributed by atoms with Gasteiger partial charge in [0.15, 0.2) is 0 Å². The lowest BCUT2D eigenvalue weighted by molar-refractivity contribution is -0.138. The van der Waals surface area contributed by atoms with Crippen molar-refractivity contribution in [3.05, 3.63) is 58.2 Å². The van der Waals surface area contributed by atoms with Crippen molar-refractivity contribution in [1.82, 2.24) is 10.3 Å². The van der Waals surface area contributed by atoms with Crippen molar-refractivity contribution >= 4 is 17.5 Å². The lowest BCUT2D eigenvalue weighted by Crippen LogP contribution is -2.31. The van der Waals surface area contributed by atoms with Gasteiger partial charge in [-0.25, -0.2) is 4.98 Å². The third-order valence-corrected chi connectivity index (χ3v) is 3.86. The zero-order valence-corrected chi connectivity index (χ0v) is 13.0. The summed E-state index contributed by atoms with van der Waals surface area (Å²) < 4.78 is 44.5. The molecule has 0 bridgehead atoms. The Hall–Kier alpha value is -2.28. The molecule has 1 atom stereocenters. The van der Waals surface area contributed by atoms with Crippen LogP contribution in [0, 0.1) is 0 Å². The van der Waals surface area contributed by atoms with E-state index in [1.807, 2.05) is 0 Å². The molecule has 0 saturated heterocycles. The number of nitrogens with zero attached hydrogens (tertiary/aromatic N) is 1. The molecule has 0 radical (unpaired) electrons. The molecule has 8 heteroatoms. The fourth-order valence-electron chi connectivity index (χ4n) is 2.55. The van der Waals surface area contributed by atoms with E-state index in [4.69, 9.17) is 16.3 Å². The van der Waals surface area contributed by atoms with E-state index in [1.165, 1.54) is 12.1 Å². The largest absolute Gasteiger partial charge is 0.475 e. The molecule has 1 aliphatic rings. The van der Waals surface area contributed by atoms with Gasteiger partial charge in [-0.1, -0.05) is 17.7 Å². The highest BCUT2D eigenvalue weighted by atomic mass is 35.5. The average Bonchev–Trinajstić information content (AvgIpc) is 2.91. The third kappa shape index (κ3) is 3.46. The van der Waals surface area contributed by atoms with Crippen LogP contribution < -0.4 is 10.1 Å². The number of carbonyl (C=O) groups excluding carboxylic acids is 1. The maximum absolute atomic E-state index is 13.1. The maximum atomic E-state index is 13.1. The van der Waals surface area contributed by atoms with E-state index in [0.717, 1.165) is 6.07 Å². The molecular formula is C16H12ClF3N2O2. The number of fused-ring (bicyclic) bond motifs is 1. The molecule has 126 valence electrons. The van der Waals surface area contributed by atoms with Gasteiger partial charge in [0, 0.05) is 16.8 Å². The number of pyridine rings is 1. The fourth-order valence-corrected chi connectivity index (χ4v) is 2.72. The molecular weight excluding hydrogens is 345 g/mol. The molecule has 1 aromatic heterocycles. The predicted molar refractivity (Wildman–Crippen MR) is 80.8 cm³/mol. The summed E-state index contributed by atoms with van der Waals surface area (Å²) >= 11 is 5.63. The van der Waals surface area contributed by atoms with Crippen LogP contribution in [0.25, 0.3) is 0 Å². The Bertz CT molecular complexity index is 780. The number of hydrogen-bond acceptors (Lipinski definition) is 3. The van der Waals surface area contributed by atoms with Gasteiger partial charge in [-0.15, -0.1) is 0 Å². The van der Waals surface area contributed by atoms with E-state index in [-0.39, 0.29) is 17.2 Å². The Kier molecular flexibility index (Phi) is 4.36. The molecule has 4 nitrogen and oxygen atoms in total. The van der Waals surface area contributed by atoms with Crippen molar-refractivity contribution in [2.75, 3.05) is 6.61 Å². The molecule has 1 aromatic carbocycles. The Balaban J connectivity index is 1.75. The van der Waals surface area contributed by atoms with E-state index in [2.05, 4.69) is 10.3 Å². The Morgan fingerprint density at radius 1 is 1.38 bits per heavy atom. The summed E-state index contributed by atoms with van der Waals surface area (Å²) in [6.45, 7) is 0.199. The number of halogens is 4. The minimum Gasteiger partial charge on any atom is -0.475 e. The number of rotatable bonds is 3. The van der Waals surface area contributed by atoms with Gasteiger partial charge in [-0.05, 0) is 29.8 Å². The highest BCUT2D eigenvalue weighted by Crippen LogP contribution is 2.34. The topological polar surface area (TPSA) is 51.2 Å². The zero-order valence-electron chi connectivity index (χ0n) is 12.2. The van der Waals surface area contributed by atoms with E-state index in [9.17, 15) is 18.0 Å².